The van der Waals surface area contributed by atoms with Crippen molar-refractivity contribution < 1.29 is 4.42 Å². The smallest absolute Gasteiger partial charge is 0.0950 e. The number of aryl methyl sites for hydroxylation is 2. The zero-order valence-electron chi connectivity index (χ0n) is 9.78. The number of aromatic nitrogens is 1. The van der Waals surface area contributed by atoms with E-state index in [1.165, 1.54) is 10.4 Å². The van der Waals surface area contributed by atoms with E-state index in [9.17, 15) is 0 Å². The summed E-state index contributed by atoms with van der Waals surface area (Å²) in [7, 11) is 0. The molecule has 4 heteroatoms. The lowest BCUT2D eigenvalue weighted by Crippen LogP contribution is -2.18. The minimum atomic E-state index is 0.292. The Kier molecular flexibility index (Phi) is 3.41. The molecule has 0 saturated carbocycles. The van der Waals surface area contributed by atoms with Gasteiger partial charge in [-0.3, -0.25) is 0 Å². The fourth-order valence-corrected chi connectivity index (χ4v) is 2.46. The molecule has 86 valence electrons. The van der Waals surface area contributed by atoms with Crippen LogP contribution in [-0.2, 0) is 6.54 Å². The highest BCUT2D eigenvalue weighted by atomic mass is 32.1. The summed E-state index contributed by atoms with van der Waals surface area (Å²) >= 11 is 1.75. The largest absolute Gasteiger partial charge is 0.472 e. The van der Waals surface area contributed by atoms with E-state index < -0.39 is 0 Å². The lowest BCUT2D eigenvalue weighted by atomic mass is 10.2. The van der Waals surface area contributed by atoms with Gasteiger partial charge in [0.25, 0.3) is 0 Å². The van der Waals surface area contributed by atoms with Crippen LogP contribution in [0.3, 0.4) is 0 Å². The highest BCUT2D eigenvalue weighted by Crippen LogP contribution is 2.18. The molecule has 0 aliphatic rings. The van der Waals surface area contributed by atoms with Gasteiger partial charge in [-0.2, -0.15) is 0 Å². The third kappa shape index (κ3) is 2.51. The monoisotopic (exact) mass is 236 g/mol. The second kappa shape index (κ2) is 4.80. The lowest BCUT2D eigenvalue weighted by molar-refractivity contribution is 0.535. The second-order valence-corrected chi connectivity index (χ2v) is 5.30. The first-order valence-corrected chi connectivity index (χ1v) is 6.17. The van der Waals surface area contributed by atoms with Crippen LogP contribution in [0, 0.1) is 13.8 Å². The molecule has 0 bridgehead atoms. The summed E-state index contributed by atoms with van der Waals surface area (Å²) < 4.78 is 5.06. The van der Waals surface area contributed by atoms with E-state index in [0.717, 1.165) is 17.2 Å². The Balaban J connectivity index is 1.95. The van der Waals surface area contributed by atoms with Crippen molar-refractivity contribution >= 4 is 11.3 Å². The van der Waals surface area contributed by atoms with Crippen molar-refractivity contribution in [3.05, 3.63) is 39.7 Å². The van der Waals surface area contributed by atoms with E-state index in [1.54, 1.807) is 23.9 Å². The van der Waals surface area contributed by atoms with Crippen LogP contribution < -0.4 is 5.32 Å². The average molecular weight is 236 g/mol. The van der Waals surface area contributed by atoms with Gasteiger partial charge in [0.05, 0.1) is 23.2 Å². The maximum Gasteiger partial charge on any atom is 0.0950 e. The van der Waals surface area contributed by atoms with Crippen molar-refractivity contribution in [1.82, 2.24) is 10.3 Å². The van der Waals surface area contributed by atoms with Crippen molar-refractivity contribution in [3.63, 3.8) is 0 Å². The molecule has 0 radical (unpaired) electrons. The molecule has 0 fully saturated rings. The third-order valence-electron chi connectivity index (χ3n) is 2.62. The summed E-state index contributed by atoms with van der Waals surface area (Å²) in [6.45, 7) is 7.09. The van der Waals surface area contributed by atoms with Gasteiger partial charge in [-0.25, -0.2) is 4.98 Å². The first-order valence-electron chi connectivity index (χ1n) is 5.35. The molecule has 0 aliphatic heterocycles. The van der Waals surface area contributed by atoms with Gasteiger partial charge in [0.2, 0.25) is 0 Å². The van der Waals surface area contributed by atoms with Gasteiger partial charge in [0.15, 0.2) is 0 Å². The molecule has 0 aromatic carbocycles. The van der Waals surface area contributed by atoms with E-state index in [-0.39, 0.29) is 0 Å². The Morgan fingerprint density at radius 2 is 2.31 bits per heavy atom. The summed E-state index contributed by atoms with van der Waals surface area (Å²) in [5.41, 5.74) is 2.32. The van der Waals surface area contributed by atoms with Gasteiger partial charge in [-0.15, -0.1) is 11.3 Å². The number of hydrogen-bond donors (Lipinski definition) is 1. The van der Waals surface area contributed by atoms with Gasteiger partial charge in [-0.05, 0) is 26.8 Å². The van der Waals surface area contributed by atoms with Crippen LogP contribution >= 0.6 is 11.3 Å². The Bertz CT molecular complexity index is 448. The van der Waals surface area contributed by atoms with Crippen molar-refractivity contribution in [3.8, 4) is 0 Å². The molecule has 1 unspecified atom stereocenters. The van der Waals surface area contributed by atoms with E-state index in [4.69, 9.17) is 4.42 Å². The molecule has 1 N–H and O–H groups in total. The molecule has 16 heavy (non-hydrogen) atoms. The third-order valence-corrected chi connectivity index (χ3v) is 3.55. The van der Waals surface area contributed by atoms with Crippen LogP contribution in [-0.4, -0.2) is 4.98 Å². The topological polar surface area (TPSA) is 38.1 Å². The normalized spacial score (nSPS) is 12.9. The molecule has 0 aliphatic carbocycles. The Morgan fingerprint density at radius 1 is 1.50 bits per heavy atom. The summed E-state index contributed by atoms with van der Waals surface area (Å²) in [6, 6.07) is 2.27. The van der Waals surface area contributed by atoms with Crippen LogP contribution in [0.4, 0.5) is 0 Å². The highest BCUT2D eigenvalue weighted by molar-refractivity contribution is 7.11. The highest BCUT2D eigenvalue weighted by Gasteiger charge is 2.09. The minimum absolute atomic E-state index is 0.292. The van der Waals surface area contributed by atoms with Crippen LogP contribution in [0.5, 0.6) is 0 Å². The molecule has 0 saturated heterocycles. The number of rotatable bonds is 4. The van der Waals surface area contributed by atoms with Gasteiger partial charge in [0.1, 0.15) is 0 Å². The van der Waals surface area contributed by atoms with E-state index >= 15 is 0 Å². The average Bonchev–Trinajstić information content (AvgIpc) is 2.84. The van der Waals surface area contributed by atoms with E-state index in [2.05, 4.69) is 24.1 Å². The number of thiazole rings is 1. The molecular weight excluding hydrogens is 220 g/mol. The summed E-state index contributed by atoms with van der Waals surface area (Å²) in [5.74, 6) is 0. The molecule has 2 aromatic rings. The standard InChI is InChI=1S/C12H16N2OS/c1-8(11-4-5-15-7-11)13-6-12-9(2)16-10(3)14-12/h4-5,7-8,13H,6H2,1-3H3. The molecule has 2 heterocycles. The quantitative estimate of drug-likeness (QED) is 0.885. The van der Waals surface area contributed by atoms with E-state index in [1.807, 2.05) is 13.0 Å². The van der Waals surface area contributed by atoms with Crippen molar-refractivity contribution in [2.45, 2.75) is 33.4 Å². The first kappa shape index (κ1) is 11.4. The molecule has 3 nitrogen and oxygen atoms in total. The van der Waals surface area contributed by atoms with Crippen LogP contribution in [0.2, 0.25) is 0 Å². The maximum absolute atomic E-state index is 5.06. The van der Waals surface area contributed by atoms with Gasteiger partial charge < -0.3 is 9.73 Å². The minimum Gasteiger partial charge on any atom is -0.472 e. The Morgan fingerprint density at radius 3 is 2.88 bits per heavy atom. The Labute approximate surface area is 99.5 Å². The number of nitrogens with zero attached hydrogens (tertiary/aromatic N) is 1. The van der Waals surface area contributed by atoms with Crippen molar-refractivity contribution in [1.29, 1.82) is 0 Å². The molecule has 2 rings (SSSR count). The van der Waals surface area contributed by atoms with Crippen LogP contribution in [0.1, 0.15) is 34.1 Å². The molecule has 0 spiro atoms. The molecule has 2 aromatic heterocycles. The van der Waals surface area contributed by atoms with Gasteiger partial charge in [0, 0.05) is 23.0 Å². The molecule has 1 atom stereocenters. The predicted molar refractivity (Wildman–Crippen MR) is 65.6 cm³/mol. The predicted octanol–water partition coefficient (Wildman–Crippen LogP) is 3.20. The Hall–Kier alpha value is -1.13. The second-order valence-electron chi connectivity index (χ2n) is 3.90. The number of nitrogens with one attached hydrogen (secondary N) is 1. The van der Waals surface area contributed by atoms with Crippen LogP contribution in [0.15, 0.2) is 23.0 Å². The number of hydrogen-bond acceptors (Lipinski definition) is 4. The van der Waals surface area contributed by atoms with Crippen molar-refractivity contribution in [2.75, 3.05) is 0 Å². The summed E-state index contributed by atoms with van der Waals surface area (Å²) in [4.78, 5) is 5.79. The van der Waals surface area contributed by atoms with Crippen LogP contribution in [0.25, 0.3) is 0 Å². The zero-order valence-corrected chi connectivity index (χ0v) is 10.6. The molecule has 0 amide bonds. The fourth-order valence-electron chi connectivity index (χ4n) is 1.63. The van der Waals surface area contributed by atoms with Gasteiger partial charge >= 0.3 is 0 Å². The van der Waals surface area contributed by atoms with E-state index in [0.29, 0.717) is 6.04 Å². The van der Waals surface area contributed by atoms with Crippen molar-refractivity contribution in [2.24, 2.45) is 0 Å². The molecular formula is C12H16N2OS. The number of furan rings is 1. The first-order chi connectivity index (χ1) is 7.66. The summed E-state index contributed by atoms with van der Waals surface area (Å²) in [6.07, 6.45) is 3.47. The summed E-state index contributed by atoms with van der Waals surface area (Å²) in [5, 5.41) is 4.57. The SMILES string of the molecule is Cc1nc(CNC(C)c2ccoc2)c(C)s1. The fraction of sp³-hybridized carbons (Fsp3) is 0.417. The maximum atomic E-state index is 5.06. The lowest BCUT2D eigenvalue weighted by Gasteiger charge is -2.10. The van der Waals surface area contributed by atoms with Gasteiger partial charge in [-0.1, -0.05) is 0 Å². The zero-order chi connectivity index (χ0) is 11.5.